The summed E-state index contributed by atoms with van der Waals surface area (Å²) in [5.74, 6) is 0. The van der Waals surface area contributed by atoms with E-state index < -0.39 is 0 Å². The zero-order chi connectivity index (χ0) is 12.9. The van der Waals surface area contributed by atoms with Gasteiger partial charge in [-0.3, -0.25) is 4.90 Å². The van der Waals surface area contributed by atoms with Gasteiger partial charge >= 0.3 is 0 Å². The van der Waals surface area contributed by atoms with Crippen LogP contribution in [0.4, 0.5) is 0 Å². The predicted octanol–water partition coefficient (Wildman–Crippen LogP) is 3.28. The van der Waals surface area contributed by atoms with Crippen molar-refractivity contribution in [2.75, 3.05) is 19.6 Å². The smallest absolute Gasteiger partial charge is 0.0102 e. The van der Waals surface area contributed by atoms with Crippen molar-refractivity contribution < 1.29 is 0 Å². The van der Waals surface area contributed by atoms with Gasteiger partial charge in [-0.2, -0.15) is 0 Å². The van der Waals surface area contributed by atoms with Gasteiger partial charge in [-0.05, 0) is 44.7 Å². The van der Waals surface area contributed by atoms with Gasteiger partial charge in [0, 0.05) is 18.6 Å². The first kappa shape index (κ1) is 15.0. The third kappa shape index (κ3) is 4.26. The fourth-order valence-electron chi connectivity index (χ4n) is 2.97. The summed E-state index contributed by atoms with van der Waals surface area (Å²) < 4.78 is 0. The first-order valence-corrected chi connectivity index (χ1v) is 7.48. The van der Waals surface area contributed by atoms with Gasteiger partial charge in [-0.25, -0.2) is 0 Å². The molecule has 0 aromatic rings. The molecule has 0 aliphatic carbocycles. The summed E-state index contributed by atoms with van der Waals surface area (Å²) >= 11 is 0. The minimum absolute atomic E-state index is 0.362. The van der Waals surface area contributed by atoms with Crippen molar-refractivity contribution in [3.63, 3.8) is 0 Å². The van der Waals surface area contributed by atoms with Crippen molar-refractivity contribution in [3.8, 4) is 0 Å². The average Bonchev–Trinajstić information content (AvgIpc) is 2.29. The Balaban J connectivity index is 2.54. The van der Waals surface area contributed by atoms with Gasteiger partial charge in [0.25, 0.3) is 0 Å². The van der Waals surface area contributed by atoms with E-state index >= 15 is 0 Å². The number of nitrogens with zero attached hydrogens (tertiary/aromatic N) is 1. The lowest BCUT2D eigenvalue weighted by Gasteiger charge is -2.43. The SMILES string of the molecule is CCNC(C)C(C)(C)CN1CCCCC1CC. The molecule has 1 heterocycles. The third-order valence-corrected chi connectivity index (χ3v) is 4.51. The van der Waals surface area contributed by atoms with E-state index in [1.807, 2.05) is 0 Å². The standard InChI is InChI=1S/C15H32N2/c1-6-14-10-8-9-11-17(14)12-15(4,5)13(3)16-7-2/h13-14,16H,6-12H2,1-5H3. The third-order valence-electron chi connectivity index (χ3n) is 4.51. The second kappa shape index (κ2) is 6.75. The maximum Gasteiger partial charge on any atom is 0.0102 e. The Morgan fingerprint density at radius 2 is 2.00 bits per heavy atom. The number of nitrogens with one attached hydrogen (secondary N) is 1. The molecule has 1 rings (SSSR count). The molecule has 0 radical (unpaired) electrons. The van der Waals surface area contributed by atoms with Crippen LogP contribution in [0.15, 0.2) is 0 Å². The summed E-state index contributed by atoms with van der Waals surface area (Å²) in [4.78, 5) is 2.73. The highest BCUT2D eigenvalue weighted by Crippen LogP contribution is 2.27. The highest BCUT2D eigenvalue weighted by atomic mass is 15.2. The van der Waals surface area contributed by atoms with Crippen LogP contribution >= 0.6 is 0 Å². The molecule has 1 N–H and O–H groups in total. The van der Waals surface area contributed by atoms with Crippen molar-refractivity contribution >= 4 is 0 Å². The van der Waals surface area contributed by atoms with Gasteiger partial charge < -0.3 is 5.32 Å². The van der Waals surface area contributed by atoms with Crippen molar-refractivity contribution in [2.24, 2.45) is 5.41 Å². The quantitative estimate of drug-likeness (QED) is 0.766. The zero-order valence-corrected chi connectivity index (χ0v) is 12.6. The summed E-state index contributed by atoms with van der Waals surface area (Å²) in [5.41, 5.74) is 0.362. The van der Waals surface area contributed by atoms with E-state index in [4.69, 9.17) is 0 Å². The Labute approximate surface area is 108 Å². The molecule has 2 unspecified atom stereocenters. The lowest BCUT2D eigenvalue weighted by Crippen LogP contribution is -2.50. The number of hydrogen-bond donors (Lipinski definition) is 1. The van der Waals surface area contributed by atoms with Gasteiger partial charge in [0.2, 0.25) is 0 Å². The van der Waals surface area contributed by atoms with Gasteiger partial charge in [0.15, 0.2) is 0 Å². The van der Waals surface area contributed by atoms with Gasteiger partial charge in [-0.15, -0.1) is 0 Å². The summed E-state index contributed by atoms with van der Waals surface area (Å²) in [6, 6.07) is 1.42. The molecule has 0 aromatic carbocycles. The normalized spacial score (nSPS) is 24.9. The molecule has 0 amide bonds. The molecular formula is C15H32N2. The average molecular weight is 240 g/mol. The number of piperidine rings is 1. The molecule has 0 saturated carbocycles. The zero-order valence-electron chi connectivity index (χ0n) is 12.6. The Morgan fingerprint density at radius 1 is 1.29 bits per heavy atom. The van der Waals surface area contributed by atoms with Crippen molar-refractivity contribution in [1.29, 1.82) is 0 Å². The van der Waals surface area contributed by atoms with E-state index in [-0.39, 0.29) is 0 Å². The van der Waals surface area contributed by atoms with Crippen LogP contribution in [0.2, 0.25) is 0 Å². The van der Waals surface area contributed by atoms with Crippen molar-refractivity contribution in [2.45, 2.75) is 72.4 Å². The minimum Gasteiger partial charge on any atom is -0.314 e. The van der Waals surface area contributed by atoms with Crippen molar-refractivity contribution in [1.82, 2.24) is 10.2 Å². The van der Waals surface area contributed by atoms with Gasteiger partial charge in [0.1, 0.15) is 0 Å². The molecular weight excluding hydrogens is 208 g/mol. The molecule has 2 heteroatoms. The molecule has 2 nitrogen and oxygen atoms in total. The van der Waals surface area contributed by atoms with E-state index in [0.717, 1.165) is 12.6 Å². The van der Waals surface area contributed by atoms with E-state index in [1.165, 1.54) is 38.8 Å². The molecule has 1 aliphatic heterocycles. The highest BCUT2D eigenvalue weighted by Gasteiger charge is 2.31. The van der Waals surface area contributed by atoms with Crippen LogP contribution in [0.25, 0.3) is 0 Å². The van der Waals surface area contributed by atoms with Crippen LogP contribution in [0.3, 0.4) is 0 Å². The van der Waals surface area contributed by atoms with Gasteiger partial charge in [0.05, 0.1) is 0 Å². The first-order chi connectivity index (χ1) is 8.01. The molecule has 2 atom stereocenters. The summed E-state index contributed by atoms with van der Waals surface area (Å²) in [7, 11) is 0. The largest absolute Gasteiger partial charge is 0.314 e. The fourth-order valence-corrected chi connectivity index (χ4v) is 2.97. The minimum atomic E-state index is 0.362. The van der Waals surface area contributed by atoms with Crippen LogP contribution in [-0.2, 0) is 0 Å². The Morgan fingerprint density at radius 3 is 2.59 bits per heavy atom. The topological polar surface area (TPSA) is 15.3 Å². The molecule has 17 heavy (non-hydrogen) atoms. The van der Waals surface area contributed by atoms with E-state index in [2.05, 4.69) is 44.8 Å². The van der Waals surface area contributed by atoms with Gasteiger partial charge in [-0.1, -0.05) is 34.1 Å². The van der Waals surface area contributed by atoms with Crippen LogP contribution in [0.5, 0.6) is 0 Å². The first-order valence-electron chi connectivity index (χ1n) is 7.48. The Hall–Kier alpha value is -0.0800. The lowest BCUT2D eigenvalue weighted by molar-refractivity contribution is 0.0771. The maximum atomic E-state index is 3.58. The highest BCUT2D eigenvalue weighted by molar-refractivity contribution is 4.87. The summed E-state index contributed by atoms with van der Waals surface area (Å²) in [6.07, 6.45) is 5.54. The molecule has 102 valence electrons. The monoisotopic (exact) mass is 240 g/mol. The molecule has 1 fully saturated rings. The van der Waals surface area contributed by atoms with Crippen LogP contribution in [0.1, 0.15) is 60.3 Å². The maximum absolute atomic E-state index is 3.58. The number of likely N-dealkylation sites (tertiary alicyclic amines) is 1. The second-order valence-electron chi connectivity index (χ2n) is 6.30. The Kier molecular flexibility index (Phi) is 5.94. The molecule has 0 bridgehead atoms. The predicted molar refractivity (Wildman–Crippen MR) is 76.4 cm³/mol. The molecule has 0 spiro atoms. The number of hydrogen-bond acceptors (Lipinski definition) is 2. The van der Waals surface area contributed by atoms with Crippen LogP contribution in [-0.4, -0.2) is 36.6 Å². The van der Waals surface area contributed by atoms with E-state index in [0.29, 0.717) is 11.5 Å². The van der Waals surface area contributed by atoms with E-state index in [1.54, 1.807) is 0 Å². The second-order valence-corrected chi connectivity index (χ2v) is 6.30. The Bertz CT molecular complexity index is 213. The molecule has 1 saturated heterocycles. The molecule has 0 aromatic heterocycles. The summed E-state index contributed by atoms with van der Waals surface area (Å²) in [5, 5.41) is 3.58. The fraction of sp³-hybridized carbons (Fsp3) is 1.00. The van der Waals surface area contributed by atoms with E-state index in [9.17, 15) is 0 Å². The molecule has 1 aliphatic rings. The summed E-state index contributed by atoms with van der Waals surface area (Å²) in [6.45, 7) is 15.3. The van der Waals surface area contributed by atoms with Crippen LogP contribution in [0, 0.1) is 5.41 Å². The van der Waals surface area contributed by atoms with Crippen molar-refractivity contribution in [3.05, 3.63) is 0 Å². The lowest BCUT2D eigenvalue weighted by atomic mass is 9.83. The number of rotatable bonds is 6. The van der Waals surface area contributed by atoms with Crippen LogP contribution < -0.4 is 5.32 Å².